The number of phenolic OH excluding ortho intramolecular Hbond substituents is 1. The number of aliphatic imine (C=N–C) groups is 1. The van der Waals surface area contributed by atoms with Crippen molar-refractivity contribution in [3.63, 3.8) is 0 Å². The summed E-state index contributed by atoms with van der Waals surface area (Å²) in [7, 11) is 1.74. The predicted molar refractivity (Wildman–Crippen MR) is 116 cm³/mol. The van der Waals surface area contributed by atoms with Crippen LogP contribution in [0.4, 0.5) is 5.69 Å². The molecule has 0 saturated carbocycles. The average molecular weight is 377 g/mol. The standard InChI is InChI=1S/C23H27N3O2/c1-4-19(16-25-17(2)24-3)20-10-8-18(9-11-20)6-5-7-23(28)26-21-12-14-22(27)15-13-21/h4,8-16,27H,1,5-7H2,2-3H3,(H,24,25)(H,26,28)/b19-16+. The Balaban J connectivity index is 1.84. The van der Waals surface area contributed by atoms with Crippen LogP contribution in [0.2, 0.25) is 0 Å². The summed E-state index contributed by atoms with van der Waals surface area (Å²) in [5.41, 5.74) is 3.93. The van der Waals surface area contributed by atoms with E-state index in [1.54, 1.807) is 37.4 Å². The molecule has 5 nitrogen and oxygen atoms in total. The first-order chi connectivity index (χ1) is 13.5. The largest absolute Gasteiger partial charge is 0.508 e. The van der Waals surface area contributed by atoms with Gasteiger partial charge in [-0.05, 0) is 60.7 Å². The molecule has 0 atom stereocenters. The molecular weight excluding hydrogens is 350 g/mol. The van der Waals surface area contributed by atoms with Gasteiger partial charge in [-0.25, -0.2) is 0 Å². The number of nitrogens with zero attached hydrogens (tertiary/aromatic N) is 1. The van der Waals surface area contributed by atoms with Crippen molar-refractivity contribution in [3.8, 4) is 5.75 Å². The molecule has 0 saturated heterocycles. The van der Waals surface area contributed by atoms with Gasteiger partial charge in [-0.1, -0.05) is 36.9 Å². The van der Waals surface area contributed by atoms with Gasteiger partial charge < -0.3 is 15.7 Å². The molecule has 0 aliphatic rings. The average Bonchev–Trinajstić information content (AvgIpc) is 2.71. The number of anilines is 1. The van der Waals surface area contributed by atoms with Gasteiger partial charge in [0.15, 0.2) is 0 Å². The van der Waals surface area contributed by atoms with Gasteiger partial charge in [0.25, 0.3) is 0 Å². The Hall–Kier alpha value is -3.34. The molecule has 3 N–H and O–H groups in total. The molecule has 5 heteroatoms. The molecule has 0 bridgehead atoms. The number of amidine groups is 1. The highest BCUT2D eigenvalue weighted by Crippen LogP contribution is 2.17. The quantitative estimate of drug-likeness (QED) is 0.274. The molecule has 2 aromatic carbocycles. The van der Waals surface area contributed by atoms with Gasteiger partial charge in [0, 0.05) is 25.4 Å². The fourth-order valence-corrected chi connectivity index (χ4v) is 2.59. The van der Waals surface area contributed by atoms with Gasteiger partial charge in [0.1, 0.15) is 5.75 Å². The maximum Gasteiger partial charge on any atom is 0.224 e. The summed E-state index contributed by atoms with van der Waals surface area (Å²) in [5, 5.41) is 15.2. The molecule has 0 aromatic heterocycles. The van der Waals surface area contributed by atoms with Crippen LogP contribution in [0, 0.1) is 0 Å². The van der Waals surface area contributed by atoms with E-state index in [0.717, 1.165) is 29.8 Å². The zero-order valence-electron chi connectivity index (χ0n) is 16.4. The lowest BCUT2D eigenvalue weighted by Gasteiger charge is -2.07. The molecule has 28 heavy (non-hydrogen) atoms. The van der Waals surface area contributed by atoms with Gasteiger partial charge in [0.05, 0.1) is 5.84 Å². The molecular formula is C23H27N3O2. The number of amides is 1. The number of allylic oxidation sites excluding steroid dienone is 2. The van der Waals surface area contributed by atoms with Crippen LogP contribution in [0.5, 0.6) is 5.75 Å². The number of aromatic hydroxyl groups is 1. The first-order valence-corrected chi connectivity index (χ1v) is 9.22. The fourth-order valence-electron chi connectivity index (χ4n) is 2.59. The lowest BCUT2D eigenvalue weighted by Crippen LogP contribution is -2.13. The minimum absolute atomic E-state index is 0.0294. The highest BCUT2D eigenvalue weighted by Gasteiger charge is 2.04. The fraction of sp³-hybridized carbons (Fsp3) is 0.217. The second-order valence-corrected chi connectivity index (χ2v) is 6.40. The highest BCUT2D eigenvalue weighted by molar-refractivity contribution is 5.90. The van der Waals surface area contributed by atoms with Crippen LogP contribution in [0.3, 0.4) is 0 Å². The Morgan fingerprint density at radius 1 is 1.14 bits per heavy atom. The van der Waals surface area contributed by atoms with Crippen molar-refractivity contribution in [2.24, 2.45) is 4.99 Å². The number of hydrogen-bond donors (Lipinski definition) is 3. The molecule has 2 rings (SSSR count). The molecule has 2 aromatic rings. The maximum atomic E-state index is 12.0. The van der Waals surface area contributed by atoms with E-state index < -0.39 is 0 Å². The van der Waals surface area contributed by atoms with Crippen molar-refractivity contribution in [1.29, 1.82) is 0 Å². The third kappa shape index (κ3) is 6.76. The third-order valence-corrected chi connectivity index (χ3v) is 4.30. The molecule has 146 valence electrons. The van der Waals surface area contributed by atoms with Crippen LogP contribution in [0.15, 0.2) is 72.4 Å². The van der Waals surface area contributed by atoms with E-state index in [9.17, 15) is 9.90 Å². The van der Waals surface area contributed by atoms with Crippen molar-refractivity contribution >= 4 is 23.0 Å². The molecule has 0 heterocycles. The van der Waals surface area contributed by atoms with Gasteiger partial charge in [-0.2, -0.15) is 0 Å². The maximum absolute atomic E-state index is 12.0. The van der Waals surface area contributed by atoms with E-state index >= 15 is 0 Å². The summed E-state index contributed by atoms with van der Waals surface area (Å²) < 4.78 is 0. The van der Waals surface area contributed by atoms with Gasteiger partial charge in [0.2, 0.25) is 5.91 Å². The molecule has 0 spiro atoms. The summed E-state index contributed by atoms with van der Waals surface area (Å²) in [4.78, 5) is 16.1. The van der Waals surface area contributed by atoms with Crippen molar-refractivity contribution in [3.05, 3.63) is 78.5 Å². The van der Waals surface area contributed by atoms with Crippen LogP contribution >= 0.6 is 0 Å². The van der Waals surface area contributed by atoms with Crippen LogP contribution in [-0.4, -0.2) is 23.9 Å². The van der Waals surface area contributed by atoms with Crippen molar-refractivity contribution in [1.82, 2.24) is 5.32 Å². The summed E-state index contributed by atoms with van der Waals surface area (Å²) in [5.74, 6) is 0.986. The Morgan fingerprint density at radius 3 is 2.43 bits per heavy atom. The Kier molecular flexibility index (Phi) is 8.03. The van der Waals surface area contributed by atoms with Gasteiger partial charge in [-0.15, -0.1) is 0 Å². The summed E-state index contributed by atoms with van der Waals surface area (Å²) in [6.45, 7) is 5.77. The topological polar surface area (TPSA) is 73.7 Å². The normalized spacial score (nSPS) is 11.8. The van der Waals surface area contributed by atoms with Crippen LogP contribution in [0.25, 0.3) is 5.57 Å². The zero-order valence-corrected chi connectivity index (χ0v) is 16.4. The highest BCUT2D eigenvalue weighted by atomic mass is 16.3. The first kappa shape index (κ1) is 21.0. The number of carbonyl (C=O) groups excluding carboxylic acids is 1. The van der Waals surface area contributed by atoms with E-state index in [2.05, 4.69) is 46.5 Å². The molecule has 0 fully saturated rings. The van der Waals surface area contributed by atoms with Crippen molar-refractivity contribution in [2.45, 2.75) is 26.2 Å². The Bertz CT molecular complexity index is 850. The number of nitrogens with one attached hydrogen (secondary N) is 2. The van der Waals surface area contributed by atoms with E-state index in [0.29, 0.717) is 12.1 Å². The van der Waals surface area contributed by atoms with Crippen LogP contribution in [0.1, 0.15) is 30.9 Å². The number of carbonyl (C=O) groups is 1. The van der Waals surface area contributed by atoms with E-state index in [-0.39, 0.29) is 11.7 Å². The smallest absolute Gasteiger partial charge is 0.224 e. The lowest BCUT2D eigenvalue weighted by molar-refractivity contribution is -0.116. The molecule has 1 amide bonds. The molecule has 0 aliphatic heterocycles. The number of hydrogen-bond acceptors (Lipinski definition) is 3. The number of phenols is 1. The Morgan fingerprint density at radius 2 is 1.82 bits per heavy atom. The SMILES string of the molecule is C=C/C(=C\NC(C)=NC)c1ccc(CCCC(=O)Nc2ccc(O)cc2)cc1. The second-order valence-electron chi connectivity index (χ2n) is 6.40. The summed E-state index contributed by atoms with van der Waals surface area (Å²) in [6, 6.07) is 14.7. The zero-order chi connectivity index (χ0) is 20.4. The van der Waals surface area contributed by atoms with Gasteiger partial charge in [-0.3, -0.25) is 9.79 Å². The van der Waals surface area contributed by atoms with Crippen molar-refractivity contribution < 1.29 is 9.90 Å². The minimum Gasteiger partial charge on any atom is -0.508 e. The molecule has 0 unspecified atom stereocenters. The monoisotopic (exact) mass is 377 g/mol. The predicted octanol–water partition coefficient (Wildman–Crippen LogP) is 4.52. The third-order valence-electron chi connectivity index (χ3n) is 4.30. The van der Waals surface area contributed by atoms with E-state index in [1.807, 2.05) is 13.1 Å². The summed E-state index contributed by atoms with van der Waals surface area (Å²) in [6.07, 6.45) is 5.73. The molecule has 0 radical (unpaired) electrons. The van der Waals surface area contributed by atoms with E-state index in [4.69, 9.17) is 0 Å². The van der Waals surface area contributed by atoms with Crippen LogP contribution in [-0.2, 0) is 11.2 Å². The Labute approximate surface area is 166 Å². The van der Waals surface area contributed by atoms with Gasteiger partial charge >= 0.3 is 0 Å². The van der Waals surface area contributed by atoms with E-state index in [1.165, 1.54) is 5.56 Å². The second kappa shape index (κ2) is 10.7. The number of rotatable bonds is 8. The lowest BCUT2D eigenvalue weighted by atomic mass is 10.0. The minimum atomic E-state index is -0.0294. The van der Waals surface area contributed by atoms with Crippen LogP contribution < -0.4 is 10.6 Å². The number of benzene rings is 2. The molecule has 0 aliphatic carbocycles. The first-order valence-electron chi connectivity index (χ1n) is 9.22. The number of aryl methyl sites for hydroxylation is 1. The summed E-state index contributed by atoms with van der Waals surface area (Å²) >= 11 is 0. The van der Waals surface area contributed by atoms with Crippen molar-refractivity contribution in [2.75, 3.05) is 12.4 Å².